The number of carbonyl (C=O) groups excluding carboxylic acids is 3. The maximum Gasteiger partial charge on any atom is 0.408 e. The van der Waals surface area contributed by atoms with E-state index < -0.39 is 29.6 Å². The largest absolute Gasteiger partial charge is 0.494 e. The lowest BCUT2D eigenvalue weighted by atomic mass is 9.92. The van der Waals surface area contributed by atoms with Crippen LogP contribution >= 0.6 is 0 Å². The zero-order valence-corrected chi connectivity index (χ0v) is 29.0. The third-order valence-electron chi connectivity index (χ3n) is 7.83. The molecule has 1 aliphatic heterocycles. The van der Waals surface area contributed by atoms with Crippen LogP contribution in [0.4, 0.5) is 4.79 Å². The fourth-order valence-corrected chi connectivity index (χ4v) is 5.32. The highest BCUT2D eigenvalue weighted by Crippen LogP contribution is 2.23. The van der Waals surface area contributed by atoms with Gasteiger partial charge in [-0.2, -0.15) is 0 Å². The lowest BCUT2D eigenvalue weighted by molar-refractivity contribution is -0.146. The number of nitrogens with one attached hydrogen (secondary N) is 1. The number of piperidine rings is 1. The number of nitrogens with two attached hydrogens (primary N) is 2. The van der Waals surface area contributed by atoms with Crippen LogP contribution in [0.15, 0.2) is 53.7 Å². The van der Waals surface area contributed by atoms with Crippen LogP contribution in [0.1, 0.15) is 89.1 Å². The second-order valence-electron chi connectivity index (χ2n) is 13.6. The van der Waals surface area contributed by atoms with Crippen LogP contribution in [0.25, 0.3) is 0 Å². The summed E-state index contributed by atoms with van der Waals surface area (Å²) in [6.45, 7) is 13.6. The van der Waals surface area contributed by atoms with E-state index in [2.05, 4.69) is 15.4 Å². The number of ether oxygens (including phenoxy) is 3. The first-order valence-electron chi connectivity index (χ1n) is 16.8. The Hall–Kier alpha value is -4.32. The van der Waals surface area contributed by atoms with Crippen LogP contribution in [0.2, 0.25) is 0 Å². The molecular weight excluding hydrogens is 614 g/mol. The molecule has 5 N–H and O–H groups in total. The topological polar surface area (TPSA) is 168 Å². The van der Waals surface area contributed by atoms with Crippen molar-refractivity contribution in [1.82, 2.24) is 10.2 Å². The van der Waals surface area contributed by atoms with Crippen LogP contribution in [-0.4, -0.2) is 73.2 Å². The molecule has 2 aromatic carbocycles. The number of likely N-dealkylation sites (tertiary alicyclic amines) is 1. The van der Waals surface area contributed by atoms with Gasteiger partial charge in [-0.05, 0) is 133 Å². The third-order valence-corrected chi connectivity index (χ3v) is 7.83. The molecule has 3 rings (SSSR count). The fraction of sp³-hybridized carbons (Fsp3) is 0.556. The lowest BCUT2D eigenvalue weighted by Gasteiger charge is -2.32. The van der Waals surface area contributed by atoms with Gasteiger partial charge in [-0.3, -0.25) is 4.79 Å². The molecule has 0 unspecified atom stereocenters. The molecule has 1 saturated heterocycles. The van der Waals surface area contributed by atoms with Gasteiger partial charge in [-0.15, -0.1) is 0 Å². The minimum atomic E-state index is -0.923. The molecule has 0 radical (unpaired) electrons. The Morgan fingerprint density at radius 1 is 0.896 bits per heavy atom. The number of hydrogen-bond acceptors (Lipinski definition) is 9. The fourth-order valence-electron chi connectivity index (χ4n) is 5.32. The molecule has 264 valence electrons. The zero-order valence-electron chi connectivity index (χ0n) is 29.0. The first-order valence-corrected chi connectivity index (χ1v) is 16.8. The van der Waals surface area contributed by atoms with E-state index in [0.29, 0.717) is 36.7 Å². The lowest BCUT2D eigenvalue weighted by Crippen LogP contribution is -2.44. The van der Waals surface area contributed by atoms with Gasteiger partial charge in [-0.1, -0.05) is 19.0 Å². The molecule has 12 nitrogen and oxygen atoms in total. The van der Waals surface area contributed by atoms with Crippen molar-refractivity contribution in [3.8, 4) is 11.5 Å². The van der Waals surface area contributed by atoms with Crippen molar-refractivity contribution in [3.63, 3.8) is 0 Å². The molecule has 0 spiro atoms. The Labute approximate surface area is 284 Å². The van der Waals surface area contributed by atoms with E-state index in [1.54, 1.807) is 57.2 Å². The van der Waals surface area contributed by atoms with Crippen LogP contribution < -0.4 is 26.3 Å². The Morgan fingerprint density at radius 2 is 1.46 bits per heavy atom. The van der Waals surface area contributed by atoms with Crippen molar-refractivity contribution in [1.29, 1.82) is 0 Å². The van der Waals surface area contributed by atoms with Gasteiger partial charge in [0.2, 0.25) is 5.91 Å². The smallest absolute Gasteiger partial charge is 0.408 e. The van der Waals surface area contributed by atoms with Crippen LogP contribution in [0, 0.1) is 11.8 Å². The Balaban J connectivity index is 1.31. The highest BCUT2D eigenvalue weighted by molar-refractivity contribution is 5.97. The van der Waals surface area contributed by atoms with E-state index in [1.165, 1.54) is 12.8 Å². The number of nitrogens with zero attached hydrogens (tertiary/aromatic N) is 2. The molecule has 1 aliphatic rings. The summed E-state index contributed by atoms with van der Waals surface area (Å²) in [7, 11) is 0. The van der Waals surface area contributed by atoms with E-state index in [0.717, 1.165) is 50.4 Å². The molecule has 0 bridgehead atoms. The van der Waals surface area contributed by atoms with Gasteiger partial charge < -0.3 is 40.7 Å². The summed E-state index contributed by atoms with van der Waals surface area (Å²) < 4.78 is 17.0. The summed E-state index contributed by atoms with van der Waals surface area (Å²) >= 11 is 0. The highest BCUT2D eigenvalue weighted by atomic mass is 16.7. The van der Waals surface area contributed by atoms with E-state index in [4.69, 9.17) is 30.5 Å². The SMILES string of the molecule is CC(C)C[C@H](NC(=O)OC(C)(C)C)C(=O)ON=C(N)c1ccc(OCCCC2CCN(CCCOc3ccc(C(N)=O)cc3)CC2)cc1. The zero-order chi connectivity index (χ0) is 35.1. The molecule has 2 aromatic rings. The first kappa shape index (κ1) is 38.1. The van der Waals surface area contributed by atoms with Crippen LogP contribution in [0.3, 0.4) is 0 Å². The molecule has 1 atom stereocenters. The molecule has 0 aromatic heterocycles. The molecule has 0 aliphatic carbocycles. The second kappa shape index (κ2) is 18.9. The van der Waals surface area contributed by atoms with Gasteiger partial charge >= 0.3 is 12.1 Å². The maximum atomic E-state index is 12.7. The van der Waals surface area contributed by atoms with Crippen LogP contribution in [-0.2, 0) is 14.4 Å². The summed E-state index contributed by atoms with van der Waals surface area (Å²) in [6.07, 6.45) is 5.07. The number of primary amides is 1. The monoisotopic (exact) mass is 667 g/mol. The first-order chi connectivity index (χ1) is 22.8. The number of oxime groups is 1. The number of amidine groups is 1. The standard InChI is InChI=1S/C36H53N5O7/c1-25(2)24-31(39-35(44)47-36(3,4)5)34(43)48-40-32(37)27-9-13-29(14-10-27)45-22-6-8-26-17-20-41(21-18-26)19-7-23-46-30-15-11-28(12-16-30)33(38)42/h9-16,25-26,31H,6-8,17-24H2,1-5H3,(H2,37,40)(H2,38,42)(H,39,44)/t31-/m0/s1. The van der Waals surface area contributed by atoms with Gasteiger partial charge in [0.15, 0.2) is 5.84 Å². The van der Waals surface area contributed by atoms with Gasteiger partial charge in [0.25, 0.3) is 0 Å². The predicted molar refractivity (Wildman–Crippen MR) is 185 cm³/mol. The molecule has 2 amide bonds. The summed E-state index contributed by atoms with van der Waals surface area (Å²) in [5.41, 5.74) is 11.7. The van der Waals surface area contributed by atoms with Crippen molar-refractivity contribution in [3.05, 3.63) is 59.7 Å². The van der Waals surface area contributed by atoms with E-state index in [-0.39, 0.29) is 11.8 Å². The molecule has 48 heavy (non-hydrogen) atoms. The van der Waals surface area contributed by atoms with E-state index in [1.807, 2.05) is 26.0 Å². The molecule has 0 saturated carbocycles. The Kier molecular flexibility index (Phi) is 15.0. The number of hydrogen-bond donors (Lipinski definition) is 3. The minimum Gasteiger partial charge on any atom is -0.494 e. The maximum absolute atomic E-state index is 12.7. The second-order valence-corrected chi connectivity index (χ2v) is 13.6. The van der Waals surface area contributed by atoms with Gasteiger partial charge in [0, 0.05) is 17.7 Å². The number of carbonyl (C=O) groups is 3. The van der Waals surface area contributed by atoms with Crippen molar-refractivity contribution in [2.45, 2.75) is 84.8 Å². The quantitative estimate of drug-likeness (QED) is 0.0673. The molecular formula is C36H53N5O7. The average molecular weight is 668 g/mol. The van der Waals surface area contributed by atoms with Gasteiger partial charge in [-0.25, -0.2) is 9.59 Å². The van der Waals surface area contributed by atoms with Gasteiger partial charge in [0.1, 0.15) is 23.1 Å². The number of rotatable bonds is 17. The normalized spacial score (nSPS) is 15.1. The highest BCUT2D eigenvalue weighted by Gasteiger charge is 2.27. The molecule has 1 heterocycles. The van der Waals surface area contributed by atoms with Crippen molar-refractivity contribution >= 4 is 23.8 Å². The number of alkyl carbamates (subject to hydrolysis) is 1. The van der Waals surface area contributed by atoms with Crippen molar-refractivity contribution in [2.75, 3.05) is 32.8 Å². The molecule has 1 fully saturated rings. The van der Waals surface area contributed by atoms with E-state index in [9.17, 15) is 14.4 Å². The summed E-state index contributed by atoms with van der Waals surface area (Å²) in [6, 6.07) is 13.1. The predicted octanol–water partition coefficient (Wildman–Crippen LogP) is 5.23. The minimum absolute atomic E-state index is 0.0330. The average Bonchev–Trinajstić information content (AvgIpc) is 3.03. The third kappa shape index (κ3) is 14.2. The summed E-state index contributed by atoms with van der Waals surface area (Å²) in [5, 5.41) is 6.36. The Morgan fingerprint density at radius 3 is 2.00 bits per heavy atom. The van der Waals surface area contributed by atoms with Crippen molar-refractivity contribution in [2.24, 2.45) is 28.5 Å². The molecule has 12 heteroatoms. The Bertz CT molecular complexity index is 1330. The van der Waals surface area contributed by atoms with Crippen LogP contribution in [0.5, 0.6) is 11.5 Å². The van der Waals surface area contributed by atoms with Crippen molar-refractivity contribution < 1.29 is 33.4 Å². The van der Waals surface area contributed by atoms with E-state index >= 15 is 0 Å². The number of benzene rings is 2. The van der Waals surface area contributed by atoms with Gasteiger partial charge in [0.05, 0.1) is 13.2 Å². The number of amides is 2. The summed E-state index contributed by atoms with van der Waals surface area (Å²) in [5.74, 6) is 1.16. The summed E-state index contributed by atoms with van der Waals surface area (Å²) in [4.78, 5) is 43.6.